The lowest BCUT2D eigenvalue weighted by atomic mass is 9.96. The Kier molecular flexibility index (Phi) is 6.13. The zero-order chi connectivity index (χ0) is 19.3. The van der Waals surface area contributed by atoms with E-state index in [4.69, 9.17) is 4.74 Å². The second-order valence-electron chi connectivity index (χ2n) is 6.67. The molecule has 0 bridgehead atoms. The molecule has 0 radical (unpaired) electrons. The Morgan fingerprint density at radius 2 is 1.74 bits per heavy atom. The summed E-state index contributed by atoms with van der Waals surface area (Å²) in [7, 11) is -2.07. The maximum Gasteiger partial charge on any atom is 0.255 e. The fraction of sp³-hybridized carbons (Fsp3) is 0.350. The number of benzene rings is 2. The van der Waals surface area contributed by atoms with E-state index in [9.17, 15) is 13.2 Å². The fourth-order valence-electron chi connectivity index (χ4n) is 3.19. The molecule has 3 rings (SSSR count). The molecule has 2 N–H and O–H groups in total. The van der Waals surface area contributed by atoms with E-state index in [0.29, 0.717) is 11.4 Å². The molecule has 0 saturated heterocycles. The van der Waals surface area contributed by atoms with Crippen molar-refractivity contribution in [3.05, 3.63) is 54.1 Å². The molecule has 1 fully saturated rings. The lowest BCUT2D eigenvalue weighted by Crippen LogP contribution is -2.36. The number of hydrogen-bond acceptors (Lipinski definition) is 4. The summed E-state index contributed by atoms with van der Waals surface area (Å²) in [6.07, 6.45) is 4.95. The molecule has 0 unspecified atom stereocenters. The smallest absolute Gasteiger partial charge is 0.255 e. The number of carbonyl (C=O) groups is 1. The highest BCUT2D eigenvalue weighted by atomic mass is 32.2. The van der Waals surface area contributed by atoms with Crippen molar-refractivity contribution < 1.29 is 17.9 Å². The van der Waals surface area contributed by atoms with Gasteiger partial charge < -0.3 is 10.1 Å². The van der Waals surface area contributed by atoms with Gasteiger partial charge in [-0.2, -0.15) is 0 Å². The summed E-state index contributed by atoms with van der Waals surface area (Å²) in [5.41, 5.74) is 0.895. The van der Waals surface area contributed by atoms with Crippen LogP contribution < -0.4 is 14.8 Å². The van der Waals surface area contributed by atoms with Crippen LogP contribution in [0.5, 0.6) is 5.75 Å². The SMILES string of the molecule is COc1ccc(NC(=O)c2cccc(S(=O)(=O)NC3CCCCC3)c2)cc1. The third-order valence-electron chi connectivity index (χ3n) is 4.68. The molecule has 1 amide bonds. The second kappa shape index (κ2) is 8.54. The van der Waals surface area contributed by atoms with Gasteiger partial charge in [0.2, 0.25) is 10.0 Å². The summed E-state index contributed by atoms with van der Waals surface area (Å²) in [4.78, 5) is 12.6. The van der Waals surface area contributed by atoms with Crippen LogP contribution >= 0.6 is 0 Å². The predicted molar refractivity (Wildman–Crippen MR) is 105 cm³/mol. The number of carbonyl (C=O) groups excluding carboxylic acids is 1. The maximum atomic E-state index is 12.6. The van der Waals surface area contributed by atoms with E-state index in [1.807, 2.05) is 0 Å². The minimum Gasteiger partial charge on any atom is -0.497 e. The van der Waals surface area contributed by atoms with E-state index in [1.165, 1.54) is 12.1 Å². The summed E-state index contributed by atoms with van der Waals surface area (Å²) in [6, 6.07) is 13.0. The first-order valence-electron chi connectivity index (χ1n) is 9.06. The quantitative estimate of drug-likeness (QED) is 0.792. The van der Waals surface area contributed by atoms with Gasteiger partial charge in [0.1, 0.15) is 5.75 Å². The molecule has 27 heavy (non-hydrogen) atoms. The Morgan fingerprint density at radius 1 is 1.04 bits per heavy atom. The maximum absolute atomic E-state index is 12.6. The van der Waals surface area contributed by atoms with Gasteiger partial charge in [0, 0.05) is 17.3 Å². The third-order valence-corrected chi connectivity index (χ3v) is 6.20. The van der Waals surface area contributed by atoms with Crippen molar-refractivity contribution in [3.63, 3.8) is 0 Å². The van der Waals surface area contributed by atoms with Crippen LogP contribution in [-0.2, 0) is 10.0 Å². The summed E-state index contributed by atoms with van der Waals surface area (Å²) < 4.78 is 33.1. The predicted octanol–water partition coefficient (Wildman–Crippen LogP) is 3.56. The van der Waals surface area contributed by atoms with Gasteiger partial charge in [-0.05, 0) is 55.3 Å². The minimum atomic E-state index is -3.64. The molecule has 1 saturated carbocycles. The monoisotopic (exact) mass is 388 g/mol. The van der Waals surface area contributed by atoms with Gasteiger partial charge >= 0.3 is 0 Å². The summed E-state index contributed by atoms with van der Waals surface area (Å²) in [5, 5.41) is 2.76. The average Bonchev–Trinajstić information content (AvgIpc) is 2.69. The van der Waals surface area contributed by atoms with Crippen LogP contribution in [0.3, 0.4) is 0 Å². The highest BCUT2D eigenvalue weighted by Crippen LogP contribution is 2.21. The first kappa shape index (κ1) is 19.4. The summed E-state index contributed by atoms with van der Waals surface area (Å²) in [6.45, 7) is 0. The number of amides is 1. The molecule has 7 heteroatoms. The Labute approximate surface area is 160 Å². The number of rotatable bonds is 6. The van der Waals surface area contributed by atoms with Crippen LogP contribution in [0, 0.1) is 0 Å². The molecule has 2 aromatic rings. The van der Waals surface area contributed by atoms with Crippen LogP contribution in [0.2, 0.25) is 0 Å². The normalized spacial score (nSPS) is 15.3. The summed E-state index contributed by atoms with van der Waals surface area (Å²) in [5.74, 6) is 0.324. The number of hydrogen-bond donors (Lipinski definition) is 2. The molecular weight excluding hydrogens is 364 g/mol. The van der Waals surface area contributed by atoms with E-state index in [1.54, 1.807) is 43.5 Å². The number of nitrogens with one attached hydrogen (secondary N) is 2. The minimum absolute atomic E-state index is 0.0273. The lowest BCUT2D eigenvalue weighted by Gasteiger charge is -2.22. The van der Waals surface area contributed by atoms with Crippen molar-refractivity contribution in [3.8, 4) is 5.75 Å². The second-order valence-corrected chi connectivity index (χ2v) is 8.38. The van der Waals surface area contributed by atoms with Crippen molar-refractivity contribution in [1.82, 2.24) is 4.72 Å². The van der Waals surface area contributed by atoms with Gasteiger partial charge in [0.15, 0.2) is 0 Å². The standard InChI is InChI=1S/C20H24N2O4S/c1-26-18-12-10-16(11-13-18)21-20(23)15-6-5-9-19(14-15)27(24,25)22-17-7-3-2-4-8-17/h5-6,9-14,17,22H,2-4,7-8H2,1H3,(H,21,23). The van der Waals surface area contributed by atoms with Crippen LogP contribution in [0.25, 0.3) is 0 Å². The van der Waals surface area contributed by atoms with E-state index >= 15 is 0 Å². The zero-order valence-corrected chi connectivity index (χ0v) is 16.1. The van der Waals surface area contributed by atoms with E-state index < -0.39 is 10.0 Å². The molecular formula is C20H24N2O4S. The topological polar surface area (TPSA) is 84.5 Å². The van der Waals surface area contributed by atoms with E-state index in [0.717, 1.165) is 32.1 Å². The highest BCUT2D eigenvalue weighted by molar-refractivity contribution is 7.89. The van der Waals surface area contributed by atoms with Gasteiger partial charge in [0.05, 0.1) is 12.0 Å². The molecule has 0 aliphatic heterocycles. The van der Waals surface area contributed by atoms with Gasteiger partial charge in [0.25, 0.3) is 5.91 Å². The van der Waals surface area contributed by atoms with Crippen LogP contribution in [0.15, 0.2) is 53.4 Å². The fourth-order valence-corrected chi connectivity index (χ4v) is 4.54. The summed E-state index contributed by atoms with van der Waals surface area (Å²) >= 11 is 0. The van der Waals surface area contributed by atoms with Crippen LogP contribution in [0.4, 0.5) is 5.69 Å². The van der Waals surface area contributed by atoms with Crippen molar-refractivity contribution in [1.29, 1.82) is 0 Å². The van der Waals surface area contributed by atoms with Crippen molar-refractivity contribution in [2.24, 2.45) is 0 Å². The average molecular weight is 388 g/mol. The van der Waals surface area contributed by atoms with E-state index in [-0.39, 0.29) is 22.4 Å². The molecule has 0 heterocycles. The van der Waals surface area contributed by atoms with Gasteiger partial charge in [-0.25, -0.2) is 13.1 Å². The molecule has 6 nitrogen and oxygen atoms in total. The Hall–Kier alpha value is -2.38. The number of ether oxygens (including phenoxy) is 1. The molecule has 1 aliphatic rings. The first-order valence-corrected chi connectivity index (χ1v) is 10.5. The zero-order valence-electron chi connectivity index (χ0n) is 15.3. The molecule has 1 aliphatic carbocycles. The molecule has 2 aromatic carbocycles. The molecule has 0 aromatic heterocycles. The Bertz CT molecular complexity index is 888. The number of methoxy groups -OCH3 is 1. The van der Waals surface area contributed by atoms with Crippen molar-refractivity contribution in [2.75, 3.05) is 12.4 Å². The van der Waals surface area contributed by atoms with Crippen molar-refractivity contribution >= 4 is 21.6 Å². The Balaban J connectivity index is 1.72. The highest BCUT2D eigenvalue weighted by Gasteiger charge is 2.22. The first-order chi connectivity index (χ1) is 13.0. The molecule has 0 spiro atoms. The van der Waals surface area contributed by atoms with Gasteiger partial charge in [-0.15, -0.1) is 0 Å². The van der Waals surface area contributed by atoms with Crippen LogP contribution in [0.1, 0.15) is 42.5 Å². The van der Waals surface area contributed by atoms with Gasteiger partial charge in [-0.1, -0.05) is 25.3 Å². The Morgan fingerprint density at radius 3 is 2.41 bits per heavy atom. The number of anilines is 1. The van der Waals surface area contributed by atoms with Crippen molar-refractivity contribution in [2.45, 2.75) is 43.0 Å². The molecule has 144 valence electrons. The largest absolute Gasteiger partial charge is 0.497 e. The van der Waals surface area contributed by atoms with Gasteiger partial charge in [-0.3, -0.25) is 4.79 Å². The lowest BCUT2D eigenvalue weighted by molar-refractivity contribution is 0.102. The van der Waals surface area contributed by atoms with Crippen LogP contribution in [-0.4, -0.2) is 27.5 Å². The molecule has 0 atom stereocenters. The third kappa shape index (κ3) is 5.08. The number of sulfonamides is 1. The van der Waals surface area contributed by atoms with E-state index in [2.05, 4.69) is 10.0 Å².